The van der Waals surface area contributed by atoms with Gasteiger partial charge in [0, 0.05) is 11.6 Å². The van der Waals surface area contributed by atoms with E-state index in [2.05, 4.69) is 48.2 Å². The normalized spacial score (nSPS) is 15.4. The molecule has 1 aromatic rings. The summed E-state index contributed by atoms with van der Waals surface area (Å²) in [7, 11) is 1.74. The third-order valence-electron chi connectivity index (χ3n) is 3.08. The summed E-state index contributed by atoms with van der Waals surface area (Å²) in [4.78, 5) is 0. The molecule has 0 saturated heterocycles. The van der Waals surface area contributed by atoms with E-state index in [0.717, 1.165) is 10.9 Å². The number of ether oxygens (including phenoxy) is 1. The van der Waals surface area contributed by atoms with Crippen molar-refractivity contribution in [3.8, 4) is 0 Å². The highest BCUT2D eigenvalue weighted by Gasteiger charge is 2.32. The van der Waals surface area contributed by atoms with Crippen LogP contribution in [0.2, 0.25) is 0 Å². The Balaban J connectivity index is 2.88. The fraction of sp³-hybridized carbons (Fsp3) is 0.571. The summed E-state index contributed by atoms with van der Waals surface area (Å²) in [6.45, 7) is 6.47. The van der Waals surface area contributed by atoms with Crippen LogP contribution >= 0.6 is 15.9 Å². The van der Waals surface area contributed by atoms with E-state index in [0.29, 0.717) is 0 Å². The topological polar surface area (TPSA) is 47.3 Å². The lowest BCUT2D eigenvalue weighted by Gasteiger charge is -2.35. The van der Waals surface area contributed by atoms with E-state index in [-0.39, 0.29) is 17.6 Å². The molecular formula is C14H23BrN2O. The third-order valence-corrected chi connectivity index (χ3v) is 3.86. The highest BCUT2D eigenvalue weighted by Crippen LogP contribution is 2.27. The van der Waals surface area contributed by atoms with E-state index in [4.69, 9.17) is 10.6 Å². The average molecular weight is 315 g/mol. The summed E-state index contributed by atoms with van der Waals surface area (Å²) in [5.74, 6) is 5.70. The highest BCUT2D eigenvalue weighted by molar-refractivity contribution is 9.10. The van der Waals surface area contributed by atoms with Gasteiger partial charge in [0.05, 0.1) is 12.1 Å². The molecule has 1 aromatic carbocycles. The van der Waals surface area contributed by atoms with Crippen LogP contribution in [0.5, 0.6) is 0 Å². The lowest BCUT2D eigenvalue weighted by Crippen LogP contribution is -2.51. The molecule has 0 aliphatic carbocycles. The number of hydrazine groups is 1. The molecule has 4 heteroatoms. The number of halogens is 1. The van der Waals surface area contributed by atoms with Crippen molar-refractivity contribution >= 4 is 15.9 Å². The maximum atomic E-state index is 5.70. The Labute approximate surface area is 118 Å². The van der Waals surface area contributed by atoms with Gasteiger partial charge in [-0.1, -0.05) is 54.9 Å². The molecule has 0 saturated carbocycles. The van der Waals surface area contributed by atoms with Gasteiger partial charge in [-0.25, -0.2) is 0 Å². The predicted molar refractivity (Wildman–Crippen MR) is 79.2 cm³/mol. The van der Waals surface area contributed by atoms with Crippen LogP contribution in [0.3, 0.4) is 0 Å². The van der Waals surface area contributed by atoms with E-state index in [1.807, 2.05) is 18.2 Å². The van der Waals surface area contributed by atoms with Crippen LogP contribution in [0.1, 0.15) is 26.3 Å². The molecule has 1 rings (SSSR count). The summed E-state index contributed by atoms with van der Waals surface area (Å²) in [5.41, 5.74) is 4.15. The largest absolute Gasteiger partial charge is 0.379 e. The van der Waals surface area contributed by atoms with Gasteiger partial charge in [0.2, 0.25) is 0 Å². The van der Waals surface area contributed by atoms with Gasteiger partial charge in [-0.05, 0) is 23.5 Å². The minimum Gasteiger partial charge on any atom is -0.379 e. The third kappa shape index (κ3) is 4.05. The smallest absolute Gasteiger partial charge is 0.0789 e. The van der Waals surface area contributed by atoms with Crippen LogP contribution in [-0.2, 0) is 11.2 Å². The van der Waals surface area contributed by atoms with Crippen LogP contribution < -0.4 is 11.3 Å². The predicted octanol–water partition coefficient (Wildman–Crippen LogP) is 2.88. The first-order valence-electron chi connectivity index (χ1n) is 6.12. The van der Waals surface area contributed by atoms with E-state index in [9.17, 15) is 0 Å². The monoisotopic (exact) mass is 314 g/mol. The number of rotatable bonds is 5. The molecule has 0 fully saturated rings. The summed E-state index contributed by atoms with van der Waals surface area (Å²) in [6.07, 6.45) is 0.878. The van der Waals surface area contributed by atoms with Gasteiger partial charge < -0.3 is 4.74 Å². The van der Waals surface area contributed by atoms with Crippen molar-refractivity contribution in [1.29, 1.82) is 0 Å². The zero-order chi connectivity index (χ0) is 13.8. The number of nitrogens with one attached hydrogen (secondary N) is 1. The Morgan fingerprint density at radius 3 is 2.39 bits per heavy atom. The fourth-order valence-corrected chi connectivity index (χ4v) is 2.72. The number of nitrogens with two attached hydrogens (primary N) is 1. The Morgan fingerprint density at radius 1 is 1.33 bits per heavy atom. The van der Waals surface area contributed by atoms with Crippen LogP contribution in [0, 0.1) is 5.41 Å². The van der Waals surface area contributed by atoms with Gasteiger partial charge in [0.1, 0.15) is 0 Å². The Hall–Kier alpha value is -0.420. The molecule has 2 atom stereocenters. The molecule has 102 valence electrons. The number of hydrogen-bond acceptors (Lipinski definition) is 3. The van der Waals surface area contributed by atoms with Crippen molar-refractivity contribution in [2.24, 2.45) is 11.3 Å². The second-order valence-corrected chi connectivity index (χ2v) is 6.45. The first kappa shape index (κ1) is 15.6. The minimum atomic E-state index is 0.0348. The Bertz CT molecular complexity index is 376. The number of hydrogen-bond donors (Lipinski definition) is 2. The molecular weight excluding hydrogens is 292 g/mol. The summed E-state index contributed by atoms with van der Waals surface area (Å²) in [6, 6.07) is 8.27. The highest BCUT2D eigenvalue weighted by atomic mass is 79.9. The lowest BCUT2D eigenvalue weighted by molar-refractivity contribution is -0.0111. The molecule has 0 spiro atoms. The van der Waals surface area contributed by atoms with Gasteiger partial charge in [-0.15, -0.1) is 0 Å². The molecule has 0 aromatic heterocycles. The van der Waals surface area contributed by atoms with Crippen molar-refractivity contribution in [3.05, 3.63) is 34.3 Å². The minimum absolute atomic E-state index is 0.0348. The van der Waals surface area contributed by atoms with E-state index >= 15 is 0 Å². The molecule has 3 N–H and O–H groups in total. The molecule has 2 unspecified atom stereocenters. The van der Waals surface area contributed by atoms with Crippen molar-refractivity contribution < 1.29 is 4.74 Å². The Morgan fingerprint density at radius 2 is 1.94 bits per heavy atom. The van der Waals surface area contributed by atoms with E-state index < -0.39 is 0 Å². The second-order valence-electron chi connectivity index (χ2n) is 5.59. The van der Waals surface area contributed by atoms with Crippen molar-refractivity contribution in [3.63, 3.8) is 0 Å². The zero-order valence-corrected chi connectivity index (χ0v) is 13.1. The molecule has 0 bridgehead atoms. The molecule has 0 radical (unpaired) electrons. The molecule has 0 aliphatic heterocycles. The fourth-order valence-electron chi connectivity index (χ4n) is 2.28. The van der Waals surface area contributed by atoms with Crippen LogP contribution in [-0.4, -0.2) is 19.3 Å². The zero-order valence-electron chi connectivity index (χ0n) is 11.5. The molecule has 18 heavy (non-hydrogen) atoms. The Kier molecular flexibility index (Phi) is 5.79. The number of methoxy groups -OCH3 is 1. The van der Waals surface area contributed by atoms with E-state index in [1.165, 1.54) is 5.56 Å². The summed E-state index contributed by atoms with van der Waals surface area (Å²) >= 11 is 3.57. The summed E-state index contributed by atoms with van der Waals surface area (Å²) in [5, 5.41) is 0. The molecule has 0 heterocycles. The molecule has 0 aliphatic rings. The number of benzene rings is 1. The first-order chi connectivity index (χ1) is 8.40. The first-order valence-corrected chi connectivity index (χ1v) is 6.91. The van der Waals surface area contributed by atoms with Crippen LogP contribution in [0.25, 0.3) is 0 Å². The van der Waals surface area contributed by atoms with Crippen molar-refractivity contribution in [2.45, 2.75) is 39.3 Å². The van der Waals surface area contributed by atoms with Gasteiger partial charge in [-0.3, -0.25) is 11.3 Å². The second kappa shape index (κ2) is 6.66. The molecule has 0 amide bonds. The molecule has 3 nitrogen and oxygen atoms in total. The summed E-state index contributed by atoms with van der Waals surface area (Å²) < 4.78 is 6.73. The quantitative estimate of drug-likeness (QED) is 0.649. The van der Waals surface area contributed by atoms with Crippen molar-refractivity contribution in [1.82, 2.24) is 5.43 Å². The van der Waals surface area contributed by atoms with Gasteiger partial charge in [-0.2, -0.15) is 0 Å². The van der Waals surface area contributed by atoms with Gasteiger partial charge >= 0.3 is 0 Å². The van der Waals surface area contributed by atoms with E-state index in [1.54, 1.807) is 7.11 Å². The lowest BCUT2D eigenvalue weighted by atomic mass is 9.82. The van der Waals surface area contributed by atoms with Gasteiger partial charge in [0.15, 0.2) is 0 Å². The van der Waals surface area contributed by atoms with Crippen LogP contribution in [0.4, 0.5) is 0 Å². The van der Waals surface area contributed by atoms with Crippen LogP contribution in [0.15, 0.2) is 28.7 Å². The maximum absolute atomic E-state index is 5.70. The van der Waals surface area contributed by atoms with Crippen molar-refractivity contribution in [2.75, 3.05) is 7.11 Å². The standard InChI is InChI=1S/C14H23BrN2O/c1-14(2,3)13(18-4)12(17-16)9-10-7-5-6-8-11(10)15/h5-8,12-13,17H,9,16H2,1-4H3. The SMILES string of the molecule is COC(C(Cc1ccccc1Br)NN)C(C)(C)C. The maximum Gasteiger partial charge on any atom is 0.0789 e. The van der Waals surface area contributed by atoms with Gasteiger partial charge in [0.25, 0.3) is 0 Å². The average Bonchev–Trinajstić information content (AvgIpc) is 2.29.